The molecule has 27 heavy (non-hydrogen) atoms. The molecule has 0 aromatic carbocycles. The van der Waals surface area contributed by atoms with E-state index >= 15 is 0 Å². The van der Waals surface area contributed by atoms with Gasteiger partial charge in [-0.2, -0.15) is 0 Å². The molecule has 0 bridgehead atoms. The lowest BCUT2D eigenvalue weighted by atomic mass is 9.67. The number of fused-ring (bicyclic) bond motifs is 2. The van der Waals surface area contributed by atoms with Gasteiger partial charge < -0.3 is 19.5 Å². The summed E-state index contributed by atoms with van der Waals surface area (Å²) in [6.45, 7) is 4.30. The molecule has 1 N–H and O–H groups in total. The first-order chi connectivity index (χ1) is 13.2. The Morgan fingerprint density at radius 1 is 1.19 bits per heavy atom. The van der Waals surface area contributed by atoms with Crippen LogP contribution >= 0.6 is 11.3 Å². The van der Waals surface area contributed by atoms with Gasteiger partial charge in [0, 0.05) is 38.8 Å². The second kappa shape index (κ2) is 6.63. The highest BCUT2D eigenvalue weighted by molar-refractivity contribution is 7.20. The predicted octanol–water partition coefficient (Wildman–Crippen LogP) is 2.56. The fraction of sp³-hybridized carbons (Fsp3) is 0.600. The van der Waals surface area contributed by atoms with Crippen LogP contribution in [0.15, 0.2) is 22.8 Å². The zero-order chi connectivity index (χ0) is 18.4. The molecule has 6 nitrogen and oxygen atoms in total. The summed E-state index contributed by atoms with van der Waals surface area (Å²) in [7, 11) is 0. The highest BCUT2D eigenvalue weighted by atomic mass is 32.1. The molecular weight excluding hydrogens is 362 g/mol. The van der Waals surface area contributed by atoms with Crippen molar-refractivity contribution in [3.63, 3.8) is 0 Å². The molecule has 0 radical (unpaired) electrons. The van der Waals surface area contributed by atoms with Crippen LogP contribution in [-0.2, 0) is 4.79 Å². The molecule has 3 fully saturated rings. The number of carbonyl (C=O) groups is 2. The van der Waals surface area contributed by atoms with Crippen LogP contribution in [-0.4, -0.2) is 60.9 Å². The fourth-order valence-corrected chi connectivity index (χ4v) is 6.07. The number of rotatable bonds is 2. The van der Waals surface area contributed by atoms with E-state index in [1.54, 1.807) is 6.26 Å². The van der Waals surface area contributed by atoms with Crippen molar-refractivity contribution in [2.24, 2.45) is 11.3 Å². The Labute approximate surface area is 162 Å². The third-order valence-electron chi connectivity index (χ3n) is 6.67. The van der Waals surface area contributed by atoms with Crippen molar-refractivity contribution in [3.8, 4) is 0 Å². The Bertz CT molecular complexity index is 838. The van der Waals surface area contributed by atoms with E-state index in [0.29, 0.717) is 38.0 Å². The number of hydrogen-bond donors (Lipinski definition) is 1. The summed E-state index contributed by atoms with van der Waals surface area (Å²) in [6, 6.07) is 3.72. The maximum absolute atomic E-state index is 13.4. The van der Waals surface area contributed by atoms with Crippen LogP contribution in [0, 0.1) is 11.3 Å². The van der Waals surface area contributed by atoms with Crippen LogP contribution in [0.1, 0.15) is 35.4 Å². The van der Waals surface area contributed by atoms with Gasteiger partial charge >= 0.3 is 0 Å². The first-order valence-electron chi connectivity index (χ1n) is 9.94. The highest BCUT2D eigenvalue weighted by Crippen LogP contribution is 2.45. The average molecular weight is 388 g/mol. The quantitative estimate of drug-likeness (QED) is 0.860. The topological polar surface area (TPSA) is 65.8 Å². The predicted molar refractivity (Wildman–Crippen MR) is 104 cm³/mol. The van der Waals surface area contributed by atoms with Crippen molar-refractivity contribution < 1.29 is 14.0 Å². The van der Waals surface area contributed by atoms with Crippen LogP contribution in [0.5, 0.6) is 0 Å². The number of thiophene rings is 1. The number of hydrogen-bond acceptors (Lipinski definition) is 5. The van der Waals surface area contributed by atoms with Gasteiger partial charge in [-0.15, -0.1) is 11.3 Å². The second-order valence-electron chi connectivity index (χ2n) is 8.07. The molecule has 4 heterocycles. The SMILES string of the molecule is O=C(c1cc2occc2s1)N1CCN(C(=O)[C@@]23CCCC[C@H]2CNC3)CC1. The first kappa shape index (κ1) is 17.3. The van der Waals surface area contributed by atoms with Gasteiger partial charge in [-0.05, 0) is 31.4 Å². The molecule has 2 saturated heterocycles. The minimum Gasteiger partial charge on any atom is -0.463 e. The van der Waals surface area contributed by atoms with Crippen LogP contribution in [0.3, 0.4) is 0 Å². The maximum atomic E-state index is 13.4. The van der Waals surface area contributed by atoms with Gasteiger partial charge in [0.25, 0.3) is 5.91 Å². The summed E-state index contributed by atoms with van der Waals surface area (Å²) >= 11 is 1.47. The van der Waals surface area contributed by atoms with Crippen molar-refractivity contribution in [2.45, 2.75) is 25.7 Å². The lowest BCUT2D eigenvalue weighted by molar-refractivity contribution is -0.146. The van der Waals surface area contributed by atoms with Crippen LogP contribution in [0.4, 0.5) is 0 Å². The number of furan rings is 1. The van der Waals surface area contributed by atoms with E-state index in [1.807, 2.05) is 21.9 Å². The van der Waals surface area contributed by atoms with Gasteiger partial charge in [0.05, 0.1) is 21.3 Å². The highest BCUT2D eigenvalue weighted by Gasteiger charge is 2.51. The Hall–Kier alpha value is -1.86. The van der Waals surface area contributed by atoms with Crippen molar-refractivity contribution in [2.75, 3.05) is 39.3 Å². The normalized spacial score (nSPS) is 28.5. The minimum atomic E-state index is -0.192. The summed E-state index contributed by atoms with van der Waals surface area (Å²) in [5.74, 6) is 0.854. The van der Waals surface area contributed by atoms with E-state index in [1.165, 1.54) is 17.8 Å². The fourth-order valence-electron chi connectivity index (χ4n) is 5.12. The Morgan fingerprint density at radius 3 is 2.81 bits per heavy atom. The van der Waals surface area contributed by atoms with Crippen molar-refractivity contribution in [1.82, 2.24) is 15.1 Å². The Kier molecular flexibility index (Phi) is 4.24. The van der Waals surface area contributed by atoms with Crippen molar-refractivity contribution >= 4 is 33.4 Å². The lowest BCUT2D eigenvalue weighted by Crippen LogP contribution is -2.56. The average Bonchev–Trinajstić information content (AvgIpc) is 3.41. The van der Waals surface area contributed by atoms with Crippen LogP contribution in [0.25, 0.3) is 10.3 Å². The minimum absolute atomic E-state index is 0.0507. The first-order valence-corrected chi connectivity index (χ1v) is 10.8. The van der Waals surface area contributed by atoms with E-state index < -0.39 is 0 Å². The Morgan fingerprint density at radius 2 is 2.00 bits per heavy atom. The van der Waals surface area contributed by atoms with Gasteiger partial charge in [-0.1, -0.05) is 12.8 Å². The summed E-state index contributed by atoms with van der Waals surface area (Å²) in [4.78, 5) is 30.8. The maximum Gasteiger partial charge on any atom is 0.264 e. The van der Waals surface area contributed by atoms with Crippen LogP contribution < -0.4 is 5.32 Å². The van der Waals surface area contributed by atoms with Gasteiger partial charge in [0.15, 0.2) is 0 Å². The van der Waals surface area contributed by atoms with Gasteiger partial charge in [-0.25, -0.2) is 0 Å². The summed E-state index contributed by atoms with van der Waals surface area (Å²) in [5.41, 5.74) is 0.580. The zero-order valence-electron chi connectivity index (χ0n) is 15.4. The van der Waals surface area contributed by atoms with Gasteiger partial charge in [0.1, 0.15) is 5.58 Å². The molecule has 144 valence electrons. The van der Waals surface area contributed by atoms with E-state index in [0.717, 1.165) is 47.5 Å². The molecule has 2 aromatic heterocycles. The van der Waals surface area contributed by atoms with E-state index in [9.17, 15) is 9.59 Å². The number of piperazine rings is 1. The third kappa shape index (κ3) is 2.79. The molecule has 0 spiro atoms. The van der Waals surface area contributed by atoms with E-state index in [4.69, 9.17) is 4.42 Å². The second-order valence-corrected chi connectivity index (χ2v) is 9.16. The van der Waals surface area contributed by atoms with E-state index in [-0.39, 0.29) is 11.3 Å². The molecule has 2 aliphatic heterocycles. The molecule has 2 aromatic rings. The molecule has 1 aliphatic carbocycles. The molecule has 2 amide bonds. The molecule has 1 saturated carbocycles. The summed E-state index contributed by atoms with van der Waals surface area (Å²) in [5, 5.41) is 3.46. The third-order valence-corrected chi connectivity index (χ3v) is 7.74. The number of nitrogens with one attached hydrogen (secondary N) is 1. The molecule has 5 rings (SSSR count). The van der Waals surface area contributed by atoms with Crippen molar-refractivity contribution in [3.05, 3.63) is 23.3 Å². The summed E-state index contributed by atoms with van der Waals surface area (Å²) in [6.07, 6.45) is 6.22. The van der Waals surface area contributed by atoms with Gasteiger partial charge in [-0.3, -0.25) is 9.59 Å². The summed E-state index contributed by atoms with van der Waals surface area (Å²) < 4.78 is 6.38. The molecule has 0 unspecified atom stereocenters. The van der Waals surface area contributed by atoms with Crippen molar-refractivity contribution in [1.29, 1.82) is 0 Å². The molecule has 2 atom stereocenters. The Balaban J connectivity index is 1.25. The van der Waals surface area contributed by atoms with E-state index in [2.05, 4.69) is 5.32 Å². The monoisotopic (exact) mass is 387 g/mol. The molecule has 7 heteroatoms. The number of amides is 2. The number of carbonyl (C=O) groups excluding carboxylic acids is 2. The smallest absolute Gasteiger partial charge is 0.264 e. The number of nitrogens with zero attached hydrogens (tertiary/aromatic N) is 2. The zero-order valence-corrected chi connectivity index (χ0v) is 16.2. The molecular formula is C20H25N3O3S. The standard InChI is InChI=1S/C20H25N3O3S/c24-18(17-11-15-16(27-17)4-10-26-15)22-6-8-23(9-7-22)19(25)20-5-2-1-3-14(20)12-21-13-20/h4,10-11,14,21H,1-3,5-9,12-13H2/t14-,20+/m0/s1. The lowest BCUT2D eigenvalue weighted by Gasteiger charge is -2.43. The largest absolute Gasteiger partial charge is 0.463 e. The van der Waals surface area contributed by atoms with Crippen LogP contribution in [0.2, 0.25) is 0 Å². The molecule has 3 aliphatic rings. The van der Waals surface area contributed by atoms with Gasteiger partial charge in [0.2, 0.25) is 5.91 Å².